The van der Waals surface area contributed by atoms with Gasteiger partial charge in [-0.15, -0.1) is 0 Å². The first-order chi connectivity index (χ1) is 12.0. The zero-order chi connectivity index (χ0) is 17.8. The van der Waals surface area contributed by atoms with E-state index in [-0.39, 0.29) is 5.56 Å². The number of rotatable bonds is 4. The summed E-state index contributed by atoms with van der Waals surface area (Å²) in [6.45, 7) is 2.31. The molecule has 0 saturated heterocycles. The molecule has 1 amide bonds. The average molecular weight is 345 g/mol. The Balaban J connectivity index is 1.63. The van der Waals surface area contributed by atoms with Crippen molar-refractivity contribution in [1.82, 2.24) is 0 Å². The fraction of sp³-hybridized carbons (Fsp3) is 0.222. The molecule has 0 spiro atoms. The lowest BCUT2D eigenvalue weighted by Crippen LogP contribution is -2.30. The lowest BCUT2D eigenvalue weighted by molar-refractivity contribution is -0.123. The minimum Gasteiger partial charge on any atom is -0.486 e. The van der Waals surface area contributed by atoms with E-state index >= 15 is 0 Å². The molecule has 25 heavy (non-hydrogen) atoms. The van der Waals surface area contributed by atoms with Crippen molar-refractivity contribution in [2.45, 2.75) is 13.0 Å². The highest BCUT2D eigenvalue weighted by Gasteiger charge is 2.21. The number of nitrogens with one attached hydrogen (secondary N) is 1. The molecule has 0 fully saturated rings. The van der Waals surface area contributed by atoms with Gasteiger partial charge in [0, 0.05) is 11.8 Å². The van der Waals surface area contributed by atoms with Gasteiger partial charge in [-0.1, -0.05) is 12.1 Å². The number of anilines is 1. The Kier molecular flexibility index (Phi) is 4.83. The molecule has 1 aliphatic heterocycles. The Bertz CT molecular complexity index is 808. The number of halogens is 1. The van der Waals surface area contributed by atoms with Crippen LogP contribution in [0, 0.1) is 5.82 Å². The summed E-state index contributed by atoms with van der Waals surface area (Å²) < 4.78 is 29.4. The largest absolute Gasteiger partial charge is 0.486 e. The van der Waals surface area contributed by atoms with E-state index in [0.717, 1.165) is 6.07 Å². The lowest BCUT2D eigenvalue weighted by Gasteiger charge is -2.19. The standard InChI is InChI=1S/C18H16FNO5/c1-11(25-18(22)13-4-2-3-5-14(13)19)17(21)20-12-6-7-15-16(10-12)24-9-8-23-15/h2-7,10-11H,8-9H2,1H3,(H,20,21)/t11-/m1/s1. The fourth-order valence-corrected chi connectivity index (χ4v) is 2.27. The highest BCUT2D eigenvalue weighted by atomic mass is 19.1. The van der Waals surface area contributed by atoms with E-state index in [4.69, 9.17) is 14.2 Å². The maximum absolute atomic E-state index is 13.6. The summed E-state index contributed by atoms with van der Waals surface area (Å²) in [5.41, 5.74) is 0.254. The van der Waals surface area contributed by atoms with Crippen LogP contribution in [0.1, 0.15) is 17.3 Å². The van der Waals surface area contributed by atoms with Crippen molar-refractivity contribution in [2.24, 2.45) is 0 Å². The number of hydrogen-bond acceptors (Lipinski definition) is 5. The Hall–Kier alpha value is -3.09. The lowest BCUT2D eigenvalue weighted by atomic mass is 10.2. The normalized spacial score (nSPS) is 13.7. The molecule has 0 saturated carbocycles. The van der Waals surface area contributed by atoms with Gasteiger partial charge in [0.25, 0.3) is 5.91 Å². The third kappa shape index (κ3) is 3.88. The Morgan fingerprint density at radius 1 is 1.12 bits per heavy atom. The Morgan fingerprint density at radius 2 is 1.84 bits per heavy atom. The summed E-state index contributed by atoms with van der Waals surface area (Å²) in [5, 5.41) is 2.62. The van der Waals surface area contributed by atoms with Crippen molar-refractivity contribution in [2.75, 3.05) is 18.5 Å². The van der Waals surface area contributed by atoms with Crippen LogP contribution < -0.4 is 14.8 Å². The van der Waals surface area contributed by atoms with Crippen LogP contribution in [0.5, 0.6) is 11.5 Å². The fourth-order valence-electron chi connectivity index (χ4n) is 2.27. The van der Waals surface area contributed by atoms with E-state index < -0.39 is 23.8 Å². The Morgan fingerprint density at radius 3 is 2.60 bits per heavy atom. The maximum Gasteiger partial charge on any atom is 0.341 e. The molecule has 0 bridgehead atoms. The molecule has 1 heterocycles. The number of carbonyl (C=O) groups is 2. The van der Waals surface area contributed by atoms with Crippen LogP contribution >= 0.6 is 0 Å². The van der Waals surface area contributed by atoms with Gasteiger partial charge < -0.3 is 19.5 Å². The number of hydrogen-bond donors (Lipinski definition) is 1. The predicted molar refractivity (Wildman–Crippen MR) is 87.3 cm³/mol. The van der Waals surface area contributed by atoms with Crippen LogP contribution in [-0.2, 0) is 9.53 Å². The zero-order valence-corrected chi connectivity index (χ0v) is 13.5. The van der Waals surface area contributed by atoms with E-state index in [1.54, 1.807) is 18.2 Å². The molecule has 2 aromatic carbocycles. The summed E-state index contributed by atoms with van der Waals surface area (Å²) in [6, 6.07) is 10.4. The topological polar surface area (TPSA) is 73.9 Å². The molecule has 6 nitrogen and oxygen atoms in total. The molecule has 1 N–H and O–H groups in total. The SMILES string of the molecule is C[C@@H](OC(=O)c1ccccc1F)C(=O)Nc1ccc2c(c1)OCCO2. The second-order valence-corrected chi connectivity index (χ2v) is 5.38. The summed E-state index contributed by atoms with van der Waals surface area (Å²) in [7, 11) is 0. The minimum absolute atomic E-state index is 0.221. The molecule has 0 aliphatic carbocycles. The van der Waals surface area contributed by atoms with Gasteiger partial charge in [0.1, 0.15) is 19.0 Å². The van der Waals surface area contributed by atoms with Gasteiger partial charge in [-0.05, 0) is 31.2 Å². The maximum atomic E-state index is 13.6. The van der Waals surface area contributed by atoms with Crippen LogP contribution in [0.25, 0.3) is 0 Å². The monoisotopic (exact) mass is 345 g/mol. The zero-order valence-electron chi connectivity index (χ0n) is 13.5. The number of amides is 1. The highest BCUT2D eigenvalue weighted by molar-refractivity contribution is 5.97. The smallest absolute Gasteiger partial charge is 0.341 e. The van der Waals surface area contributed by atoms with Crippen LogP contribution in [-0.4, -0.2) is 31.2 Å². The van der Waals surface area contributed by atoms with Crippen molar-refractivity contribution in [1.29, 1.82) is 0 Å². The molecule has 7 heteroatoms. The molecule has 0 radical (unpaired) electrons. The number of ether oxygens (including phenoxy) is 3. The van der Waals surface area contributed by atoms with Gasteiger partial charge in [0.2, 0.25) is 0 Å². The molecular weight excluding hydrogens is 329 g/mol. The minimum atomic E-state index is -1.10. The highest BCUT2D eigenvalue weighted by Crippen LogP contribution is 2.32. The molecular formula is C18H16FNO5. The summed E-state index contributed by atoms with van der Waals surface area (Å²) in [5.74, 6) is -1.01. The molecule has 3 rings (SSSR count). The summed E-state index contributed by atoms with van der Waals surface area (Å²) >= 11 is 0. The summed E-state index contributed by atoms with van der Waals surface area (Å²) in [6.07, 6.45) is -1.10. The number of benzene rings is 2. The second-order valence-electron chi connectivity index (χ2n) is 5.38. The van der Waals surface area contributed by atoms with Gasteiger partial charge in [-0.2, -0.15) is 0 Å². The summed E-state index contributed by atoms with van der Waals surface area (Å²) in [4.78, 5) is 24.1. The average Bonchev–Trinajstić information content (AvgIpc) is 2.61. The number of carbonyl (C=O) groups excluding carboxylic acids is 2. The molecule has 1 aliphatic rings. The molecule has 0 aromatic heterocycles. The number of esters is 1. The van der Waals surface area contributed by atoms with Gasteiger partial charge in [-0.3, -0.25) is 4.79 Å². The first kappa shape index (κ1) is 16.8. The van der Waals surface area contributed by atoms with Crippen LogP contribution in [0.15, 0.2) is 42.5 Å². The van der Waals surface area contributed by atoms with Crippen molar-refractivity contribution >= 4 is 17.6 Å². The van der Waals surface area contributed by atoms with Crippen LogP contribution in [0.2, 0.25) is 0 Å². The van der Waals surface area contributed by atoms with Gasteiger partial charge in [0.05, 0.1) is 5.56 Å². The third-order valence-corrected chi connectivity index (χ3v) is 3.56. The van der Waals surface area contributed by atoms with E-state index in [2.05, 4.69) is 5.32 Å². The van der Waals surface area contributed by atoms with Crippen LogP contribution in [0.4, 0.5) is 10.1 Å². The van der Waals surface area contributed by atoms with Crippen molar-refractivity contribution in [3.8, 4) is 11.5 Å². The molecule has 2 aromatic rings. The third-order valence-electron chi connectivity index (χ3n) is 3.56. The molecule has 0 unspecified atom stereocenters. The second kappa shape index (κ2) is 7.21. The Labute approximate surface area is 143 Å². The first-order valence-corrected chi connectivity index (χ1v) is 7.70. The number of fused-ring (bicyclic) bond motifs is 1. The molecule has 1 atom stereocenters. The quantitative estimate of drug-likeness (QED) is 0.863. The van der Waals surface area contributed by atoms with E-state index in [1.807, 2.05) is 0 Å². The van der Waals surface area contributed by atoms with Gasteiger partial charge >= 0.3 is 5.97 Å². The van der Waals surface area contributed by atoms with Gasteiger partial charge in [0.15, 0.2) is 17.6 Å². The first-order valence-electron chi connectivity index (χ1n) is 7.70. The van der Waals surface area contributed by atoms with Crippen molar-refractivity contribution in [3.63, 3.8) is 0 Å². The predicted octanol–water partition coefficient (Wildman–Crippen LogP) is 2.78. The van der Waals surface area contributed by atoms with Crippen molar-refractivity contribution in [3.05, 3.63) is 53.8 Å². The van der Waals surface area contributed by atoms with Crippen LogP contribution in [0.3, 0.4) is 0 Å². The molecule has 130 valence electrons. The van der Waals surface area contributed by atoms with E-state index in [1.165, 1.54) is 25.1 Å². The van der Waals surface area contributed by atoms with Crippen molar-refractivity contribution < 1.29 is 28.2 Å². The van der Waals surface area contributed by atoms with Gasteiger partial charge in [-0.25, -0.2) is 9.18 Å². The van der Waals surface area contributed by atoms with E-state index in [9.17, 15) is 14.0 Å². The van der Waals surface area contributed by atoms with E-state index in [0.29, 0.717) is 30.4 Å².